The number of nitro groups is 1. The third-order valence-electron chi connectivity index (χ3n) is 3.67. The maximum atomic E-state index is 13.6. The van der Waals surface area contributed by atoms with Crippen LogP contribution in [0.2, 0.25) is 0 Å². The lowest BCUT2D eigenvalue weighted by molar-refractivity contribution is -0.384. The Morgan fingerprint density at radius 3 is 2.75 bits per heavy atom. The lowest BCUT2D eigenvalue weighted by Crippen LogP contribution is -2.45. The number of benzene rings is 1. The molecule has 1 fully saturated rings. The summed E-state index contributed by atoms with van der Waals surface area (Å²) >= 11 is 1.69. The van der Waals surface area contributed by atoms with E-state index in [-0.39, 0.29) is 16.0 Å². The van der Waals surface area contributed by atoms with Crippen LogP contribution in [0, 0.1) is 15.9 Å². The Morgan fingerprint density at radius 1 is 1.55 bits per heavy atom. The van der Waals surface area contributed by atoms with Crippen LogP contribution >= 0.6 is 11.8 Å². The molecular weight excluding hydrogens is 283 g/mol. The Labute approximate surface area is 120 Å². The van der Waals surface area contributed by atoms with Crippen molar-refractivity contribution in [3.8, 4) is 0 Å². The van der Waals surface area contributed by atoms with Crippen molar-refractivity contribution in [2.75, 3.05) is 12.8 Å². The molecule has 108 valence electrons. The topological polar surface area (TPSA) is 72.2 Å². The highest BCUT2D eigenvalue weighted by molar-refractivity contribution is 8.00. The van der Waals surface area contributed by atoms with Gasteiger partial charge in [0.2, 0.25) is 0 Å². The highest BCUT2D eigenvalue weighted by Gasteiger charge is 2.36. The smallest absolute Gasteiger partial charge is 0.270 e. The number of rotatable bonds is 5. The molecule has 1 aromatic carbocycles. The highest BCUT2D eigenvalue weighted by atomic mass is 32.2. The molecule has 1 saturated carbocycles. The van der Waals surface area contributed by atoms with Gasteiger partial charge in [-0.2, -0.15) is 11.8 Å². The van der Waals surface area contributed by atoms with E-state index in [1.165, 1.54) is 0 Å². The van der Waals surface area contributed by atoms with E-state index < -0.39 is 16.6 Å². The summed E-state index contributed by atoms with van der Waals surface area (Å²) in [6.45, 7) is 0.454. The van der Waals surface area contributed by atoms with E-state index in [9.17, 15) is 19.3 Å². The first-order chi connectivity index (χ1) is 9.47. The summed E-state index contributed by atoms with van der Waals surface area (Å²) in [5.41, 5.74) is -0.574. The number of halogens is 1. The number of carbonyl (C=O) groups excluding carboxylic acids is 1. The molecule has 0 spiro atoms. The van der Waals surface area contributed by atoms with Gasteiger partial charge < -0.3 is 5.32 Å². The second-order valence-electron chi connectivity index (χ2n) is 4.84. The van der Waals surface area contributed by atoms with Gasteiger partial charge in [0.05, 0.1) is 10.5 Å². The number of thioether (sulfide) groups is 1. The molecule has 0 saturated heterocycles. The number of hydrogen-bond donors (Lipinski definition) is 1. The first-order valence-corrected chi connectivity index (χ1v) is 7.47. The van der Waals surface area contributed by atoms with Crippen LogP contribution in [0.1, 0.15) is 29.6 Å². The van der Waals surface area contributed by atoms with E-state index in [1.807, 2.05) is 6.26 Å². The molecule has 5 nitrogen and oxygen atoms in total. The van der Waals surface area contributed by atoms with Crippen LogP contribution in [0.5, 0.6) is 0 Å². The van der Waals surface area contributed by atoms with Gasteiger partial charge in [-0.25, -0.2) is 4.39 Å². The second-order valence-corrected chi connectivity index (χ2v) is 6.12. The van der Waals surface area contributed by atoms with Gasteiger partial charge in [0, 0.05) is 23.4 Å². The predicted octanol–water partition coefficient (Wildman–Crippen LogP) is 2.75. The summed E-state index contributed by atoms with van der Waals surface area (Å²) in [6.07, 6.45) is 5.15. The molecule has 1 amide bonds. The maximum absolute atomic E-state index is 13.6. The van der Waals surface area contributed by atoms with Crippen LogP contribution in [-0.4, -0.2) is 28.4 Å². The number of nitrogens with one attached hydrogen (secondary N) is 1. The number of amides is 1. The van der Waals surface area contributed by atoms with Crippen molar-refractivity contribution in [1.82, 2.24) is 5.32 Å². The van der Waals surface area contributed by atoms with Gasteiger partial charge >= 0.3 is 0 Å². The summed E-state index contributed by atoms with van der Waals surface area (Å²) in [5.74, 6) is -1.36. The van der Waals surface area contributed by atoms with Crippen LogP contribution in [0.3, 0.4) is 0 Å². The highest BCUT2D eigenvalue weighted by Crippen LogP contribution is 2.42. The SMILES string of the molecule is CSC1(CNC(=O)c2cc([N+](=O)[O-])ccc2F)CCC1. The molecule has 0 atom stereocenters. The molecule has 7 heteroatoms. The molecule has 20 heavy (non-hydrogen) atoms. The van der Waals surface area contributed by atoms with Gasteiger partial charge in [0.25, 0.3) is 11.6 Å². The lowest BCUT2D eigenvalue weighted by atomic mass is 9.84. The maximum Gasteiger partial charge on any atom is 0.270 e. The van der Waals surface area contributed by atoms with Gasteiger partial charge in [-0.15, -0.1) is 0 Å². The van der Waals surface area contributed by atoms with Gasteiger partial charge in [0.1, 0.15) is 5.82 Å². The number of nitro benzene ring substituents is 1. The fourth-order valence-electron chi connectivity index (χ4n) is 2.16. The van der Waals surface area contributed by atoms with E-state index in [0.29, 0.717) is 6.54 Å². The van der Waals surface area contributed by atoms with Crippen molar-refractivity contribution in [3.05, 3.63) is 39.7 Å². The summed E-state index contributed by atoms with van der Waals surface area (Å²) in [7, 11) is 0. The minimum absolute atomic E-state index is 0.0346. The molecule has 1 aliphatic rings. The Kier molecular flexibility index (Phi) is 4.27. The molecule has 1 aromatic rings. The quantitative estimate of drug-likeness (QED) is 0.670. The number of non-ortho nitro benzene ring substituents is 1. The van der Waals surface area contributed by atoms with Crippen LogP contribution in [-0.2, 0) is 0 Å². The predicted molar refractivity (Wildman–Crippen MR) is 75.5 cm³/mol. The molecular formula is C13H15FN2O3S. The van der Waals surface area contributed by atoms with Gasteiger partial charge in [-0.1, -0.05) is 6.42 Å². The summed E-state index contributed by atoms with van der Waals surface area (Å²) in [6, 6.07) is 2.96. The Bertz CT molecular complexity index is 541. The molecule has 0 aliphatic heterocycles. The largest absolute Gasteiger partial charge is 0.351 e. The standard InChI is InChI=1S/C13H15FN2O3S/c1-20-13(5-2-6-13)8-15-12(17)10-7-9(16(18)19)3-4-11(10)14/h3-4,7H,2,5-6,8H2,1H3,(H,15,17). The molecule has 2 rings (SSSR count). The minimum Gasteiger partial charge on any atom is -0.351 e. The van der Waals surface area contributed by atoms with Crippen LogP contribution in [0.15, 0.2) is 18.2 Å². The fraction of sp³-hybridized carbons (Fsp3) is 0.462. The first-order valence-electron chi connectivity index (χ1n) is 6.25. The zero-order valence-electron chi connectivity index (χ0n) is 11.0. The zero-order chi connectivity index (χ0) is 14.8. The van der Waals surface area contributed by atoms with Crippen molar-refractivity contribution in [2.24, 2.45) is 0 Å². The molecule has 0 heterocycles. The zero-order valence-corrected chi connectivity index (χ0v) is 11.8. The van der Waals surface area contributed by atoms with Gasteiger partial charge in [-0.3, -0.25) is 14.9 Å². The molecule has 1 N–H and O–H groups in total. The van der Waals surface area contributed by atoms with E-state index in [4.69, 9.17) is 0 Å². The number of hydrogen-bond acceptors (Lipinski definition) is 4. The molecule has 1 aliphatic carbocycles. The second kappa shape index (κ2) is 5.78. The summed E-state index contributed by atoms with van der Waals surface area (Å²) in [5, 5.41) is 13.3. The third kappa shape index (κ3) is 2.92. The Balaban J connectivity index is 2.09. The van der Waals surface area contributed by atoms with E-state index in [2.05, 4.69) is 5.32 Å². The van der Waals surface area contributed by atoms with Crippen molar-refractivity contribution >= 4 is 23.4 Å². The van der Waals surface area contributed by atoms with Crippen molar-refractivity contribution in [1.29, 1.82) is 0 Å². The van der Waals surface area contributed by atoms with Crippen LogP contribution < -0.4 is 5.32 Å². The molecule has 0 radical (unpaired) electrons. The number of nitrogens with zero attached hydrogens (tertiary/aromatic N) is 1. The van der Waals surface area contributed by atoms with Crippen molar-refractivity contribution < 1.29 is 14.1 Å². The minimum atomic E-state index is -0.750. The first kappa shape index (κ1) is 14.8. The summed E-state index contributed by atoms with van der Waals surface area (Å²) in [4.78, 5) is 22.0. The van der Waals surface area contributed by atoms with E-state index >= 15 is 0 Å². The lowest BCUT2D eigenvalue weighted by Gasteiger charge is -2.40. The molecule has 0 unspecified atom stereocenters. The van der Waals surface area contributed by atoms with Gasteiger partial charge in [-0.05, 0) is 25.2 Å². The monoisotopic (exact) mass is 298 g/mol. The van der Waals surface area contributed by atoms with Crippen molar-refractivity contribution in [2.45, 2.75) is 24.0 Å². The summed E-state index contributed by atoms with van der Waals surface area (Å²) < 4.78 is 13.6. The third-order valence-corrected chi connectivity index (χ3v) is 5.09. The Morgan fingerprint density at radius 2 is 2.25 bits per heavy atom. The number of carbonyl (C=O) groups is 1. The van der Waals surface area contributed by atoms with Gasteiger partial charge in [0.15, 0.2) is 0 Å². The van der Waals surface area contributed by atoms with E-state index in [1.54, 1.807) is 11.8 Å². The average Bonchev–Trinajstić information content (AvgIpc) is 2.38. The van der Waals surface area contributed by atoms with Crippen LogP contribution in [0.25, 0.3) is 0 Å². The van der Waals surface area contributed by atoms with E-state index in [0.717, 1.165) is 37.5 Å². The Hall–Kier alpha value is -1.63. The molecule has 0 bridgehead atoms. The fourth-order valence-corrected chi connectivity index (χ4v) is 3.08. The van der Waals surface area contributed by atoms with Crippen LogP contribution in [0.4, 0.5) is 10.1 Å². The molecule has 0 aromatic heterocycles. The normalized spacial score (nSPS) is 16.3. The average molecular weight is 298 g/mol. The van der Waals surface area contributed by atoms with Crippen molar-refractivity contribution in [3.63, 3.8) is 0 Å².